The summed E-state index contributed by atoms with van der Waals surface area (Å²) in [6.45, 7) is 0.888. The van der Waals surface area contributed by atoms with Gasteiger partial charge in [0.2, 0.25) is 5.91 Å². The van der Waals surface area contributed by atoms with E-state index in [2.05, 4.69) is 30.6 Å². The molecule has 6 nitrogen and oxygen atoms in total. The van der Waals surface area contributed by atoms with E-state index in [4.69, 9.17) is 19.8 Å². The van der Waals surface area contributed by atoms with E-state index in [1.54, 1.807) is 0 Å². The molecule has 1 heterocycles. The number of carboxylic acid groups (broad SMARTS) is 2. The first-order valence-electron chi connectivity index (χ1n) is 3.46. The van der Waals surface area contributed by atoms with Crippen LogP contribution in [0.25, 0.3) is 0 Å². The van der Waals surface area contributed by atoms with Crippen molar-refractivity contribution in [2.24, 2.45) is 0 Å². The summed E-state index contributed by atoms with van der Waals surface area (Å²) in [4.78, 5) is 27.9. The number of carbonyl (C=O) groups is 3. The first-order valence-corrected chi connectivity index (χ1v) is 4.36. The van der Waals surface area contributed by atoms with E-state index in [-0.39, 0.29) is 5.91 Å². The molecular weight excluding hydrogens is 230 g/mol. The van der Waals surface area contributed by atoms with Crippen LogP contribution in [-0.2, 0) is 4.79 Å². The first-order chi connectivity index (χ1) is 6.36. The van der Waals surface area contributed by atoms with Crippen LogP contribution >= 0.6 is 25.3 Å². The monoisotopic (exact) mass is 241 g/mol. The van der Waals surface area contributed by atoms with E-state index in [1.807, 2.05) is 0 Å². The quantitative estimate of drug-likeness (QED) is 0.408. The maximum Gasteiger partial charge on any atom is 0.361 e. The van der Waals surface area contributed by atoms with Gasteiger partial charge in [0.05, 0.1) is 0 Å². The van der Waals surface area contributed by atoms with Crippen LogP contribution < -0.4 is 5.32 Å². The normalized spacial score (nSPS) is 12.6. The van der Waals surface area contributed by atoms with E-state index >= 15 is 0 Å². The van der Waals surface area contributed by atoms with E-state index < -0.39 is 10.6 Å². The summed E-state index contributed by atoms with van der Waals surface area (Å²) in [6, 6.07) is 0. The highest BCUT2D eigenvalue weighted by atomic mass is 32.1. The number of hydrogen-bond donors (Lipinski definition) is 5. The minimum Gasteiger partial charge on any atom is -0.473 e. The number of thiol groups is 2. The van der Waals surface area contributed by atoms with Crippen molar-refractivity contribution in [1.82, 2.24) is 5.32 Å². The Morgan fingerprint density at radius 2 is 1.57 bits per heavy atom. The maximum atomic E-state index is 10.1. The molecule has 0 aromatic heterocycles. The van der Waals surface area contributed by atoms with Crippen LogP contribution in [0.1, 0.15) is 12.8 Å². The molecule has 0 spiro atoms. The van der Waals surface area contributed by atoms with Crippen LogP contribution in [-0.4, -0.2) is 33.3 Å². The average Bonchev–Trinajstić information content (AvgIpc) is 2.36. The Bertz CT molecular complexity index is 180. The van der Waals surface area contributed by atoms with Crippen molar-refractivity contribution < 1.29 is 24.6 Å². The molecule has 3 N–H and O–H groups in total. The molecule has 0 aromatic carbocycles. The second kappa shape index (κ2) is 10.2. The second-order valence-corrected chi connectivity index (χ2v) is 2.78. The minimum atomic E-state index is -1.14. The Labute approximate surface area is 91.5 Å². The summed E-state index contributed by atoms with van der Waals surface area (Å²) >= 11 is 5.77. The fourth-order valence-electron chi connectivity index (χ4n) is 0.565. The van der Waals surface area contributed by atoms with E-state index in [0.717, 1.165) is 19.4 Å². The summed E-state index contributed by atoms with van der Waals surface area (Å²) in [5.41, 5.74) is 0. The van der Waals surface area contributed by atoms with Gasteiger partial charge >= 0.3 is 10.6 Å². The zero-order valence-corrected chi connectivity index (χ0v) is 8.92. The molecule has 1 aliphatic heterocycles. The summed E-state index contributed by atoms with van der Waals surface area (Å²) in [6.07, 6.45) is 1.76. The van der Waals surface area contributed by atoms with Crippen molar-refractivity contribution >= 4 is 41.8 Å². The molecule has 14 heavy (non-hydrogen) atoms. The molecule has 8 heteroatoms. The van der Waals surface area contributed by atoms with Crippen LogP contribution in [0, 0.1) is 0 Å². The zero-order valence-electron chi connectivity index (χ0n) is 7.13. The van der Waals surface area contributed by atoms with Crippen LogP contribution in [0.2, 0.25) is 0 Å². The largest absolute Gasteiger partial charge is 0.473 e. The van der Waals surface area contributed by atoms with Crippen molar-refractivity contribution in [1.29, 1.82) is 0 Å². The van der Waals surface area contributed by atoms with Gasteiger partial charge in [0.1, 0.15) is 0 Å². The first kappa shape index (κ1) is 15.6. The highest BCUT2D eigenvalue weighted by Gasteiger charge is 2.05. The zero-order chi connectivity index (χ0) is 11.6. The molecule has 1 rings (SSSR count). The summed E-state index contributed by atoms with van der Waals surface area (Å²) in [7, 11) is 0. The molecule has 0 aromatic rings. The lowest BCUT2D eigenvalue weighted by molar-refractivity contribution is -0.119. The lowest BCUT2D eigenvalue weighted by atomic mass is 10.4. The Morgan fingerprint density at radius 3 is 1.64 bits per heavy atom. The third-order valence-electron chi connectivity index (χ3n) is 0.903. The standard InChI is InChI=1S/C4H7NO.2CH2O2S/c6-4-2-1-3-5-4;2*2-1(3)4/h1-3H2,(H,5,6);2*4H,(H,2,3). The Morgan fingerprint density at radius 1 is 1.21 bits per heavy atom. The fourth-order valence-corrected chi connectivity index (χ4v) is 0.565. The second-order valence-electron chi connectivity index (χ2n) is 2.02. The van der Waals surface area contributed by atoms with Gasteiger partial charge in [-0.25, -0.2) is 9.59 Å². The number of hydrogen-bond acceptors (Lipinski definition) is 3. The fraction of sp³-hybridized carbons (Fsp3) is 0.500. The maximum absolute atomic E-state index is 10.1. The van der Waals surface area contributed by atoms with Gasteiger partial charge in [-0.2, -0.15) is 0 Å². The highest BCUT2D eigenvalue weighted by Crippen LogP contribution is 1.93. The van der Waals surface area contributed by atoms with Crippen LogP contribution in [0.3, 0.4) is 0 Å². The van der Waals surface area contributed by atoms with E-state index in [0.29, 0.717) is 0 Å². The van der Waals surface area contributed by atoms with Crippen molar-refractivity contribution in [3.63, 3.8) is 0 Å². The number of amides is 1. The molecule has 1 saturated heterocycles. The van der Waals surface area contributed by atoms with Gasteiger partial charge < -0.3 is 15.5 Å². The van der Waals surface area contributed by atoms with Crippen molar-refractivity contribution in [2.75, 3.05) is 6.54 Å². The van der Waals surface area contributed by atoms with Gasteiger partial charge in [0, 0.05) is 13.0 Å². The van der Waals surface area contributed by atoms with Gasteiger partial charge in [-0.3, -0.25) is 4.79 Å². The summed E-state index contributed by atoms with van der Waals surface area (Å²) < 4.78 is 0. The Hall–Kier alpha value is -0.890. The predicted octanol–water partition coefficient (Wildman–Crippen LogP) is 1.08. The SMILES string of the molecule is O=C(O)S.O=C(O)S.O=C1CCCN1. The third kappa shape index (κ3) is 30.4. The van der Waals surface area contributed by atoms with E-state index in [1.165, 1.54) is 0 Å². The Balaban J connectivity index is 0. The highest BCUT2D eigenvalue weighted by molar-refractivity contribution is 7.96. The van der Waals surface area contributed by atoms with Crippen molar-refractivity contribution in [3.8, 4) is 0 Å². The van der Waals surface area contributed by atoms with Crippen LogP contribution in [0.5, 0.6) is 0 Å². The molecular formula is C6H11NO5S2. The molecule has 0 atom stereocenters. The van der Waals surface area contributed by atoms with Gasteiger partial charge in [-0.05, 0) is 6.42 Å². The predicted molar refractivity (Wildman–Crippen MR) is 56.3 cm³/mol. The van der Waals surface area contributed by atoms with Crippen LogP contribution in [0.4, 0.5) is 9.59 Å². The molecule has 0 unspecified atom stereocenters. The minimum absolute atomic E-state index is 0.204. The Kier molecular flexibility index (Phi) is 11.3. The molecule has 0 aliphatic carbocycles. The summed E-state index contributed by atoms with van der Waals surface area (Å²) in [5, 5.41) is 15.0. The number of rotatable bonds is 0. The molecule has 0 saturated carbocycles. The van der Waals surface area contributed by atoms with E-state index in [9.17, 15) is 4.79 Å². The smallest absolute Gasteiger partial charge is 0.361 e. The van der Waals surface area contributed by atoms with Gasteiger partial charge in [-0.15, -0.1) is 0 Å². The number of carbonyl (C=O) groups excluding carboxylic acids is 1. The lowest BCUT2D eigenvalue weighted by Crippen LogP contribution is -2.12. The molecule has 82 valence electrons. The topological polar surface area (TPSA) is 104 Å². The molecule has 0 bridgehead atoms. The lowest BCUT2D eigenvalue weighted by Gasteiger charge is -1.80. The molecule has 1 fully saturated rings. The van der Waals surface area contributed by atoms with Crippen molar-refractivity contribution in [3.05, 3.63) is 0 Å². The van der Waals surface area contributed by atoms with Gasteiger partial charge in [0.25, 0.3) is 0 Å². The van der Waals surface area contributed by atoms with Crippen molar-refractivity contribution in [2.45, 2.75) is 12.8 Å². The van der Waals surface area contributed by atoms with Gasteiger partial charge in [-0.1, -0.05) is 25.3 Å². The van der Waals surface area contributed by atoms with Crippen LogP contribution in [0.15, 0.2) is 0 Å². The molecule has 1 amide bonds. The number of nitrogens with one attached hydrogen (secondary N) is 1. The average molecular weight is 241 g/mol. The third-order valence-corrected chi connectivity index (χ3v) is 0.903. The molecule has 0 radical (unpaired) electrons. The van der Waals surface area contributed by atoms with Gasteiger partial charge in [0.15, 0.2) is 0 Å². The summed E-state index contributed by atoms with van der Waals surface area (Å²) in [5.74, 6) is 0.204. The molecule has 1 aliphatic rings.